The van der Waals surface area contributed by atoms with Gasteiger partial charge in [-0.05, 0) is 35.2 Å². The Morgan fingerprint density at radius 3 is 2.52 bits per heavy atom. The van der Waals surface area contributed by atoms with Crippen LogP contribution in [0.2, 0.25) is 0 Å². The Hall–Kier alpha value is -1.84. The summed E-state index contributed by atoms with van der Waals surface area (Å²) in [5.41, 5.74) is 9.67. The van der Waals surface area contributed by atoms with Crippen LogP contribution < -0.4 is 10.5 Å². The van der Waals surface area contributed by atoms with E-state index in [2.05, 4.69) is 29.2 Å². The molecule has 0 amide bonds. The molecule has 2 aromatic rings. The molecule has 110 valence electrons. The highest BCUT2D eigenvalue weighted by Crippen LogP contribution is 2.18. The van der Waals surface area contributed by atoms with Crippen LogP contribution in [-0.2, 0) is 19.5 Å². The molecule has 0 radical (unpaired) electrons. The lowest BCUT2D eigenvalue weighted by atomic mass is 10.0. The van der Waals surface area contributed by atoms with Crippen molar-refractivity contribution in [3.8, 4) is 5.75 Å². The van der Waals surface area contributed by atoms with E-state index in [9.17, 15) is 0 Å². The summed E-state index contributed by atoms with van der Waals surface area (Å²) in [6.45, 7) is 4.42. The highest BCUT2D eigenvalue weighted by molar-refractivity contribution is 5.29. The van der Waals surface area contributed by atoms with E-state index >= 15 is 0 Å². The minimum Gasteiger partial charge on any atom is -0.492 e. The Morgan fingerprint density at radius 1 is 1.00 bits per heavy atom. The summed E-state index contributed by atoms with van der Waals surface area (Å²) in [6.07, 6.45) is 1.14. The Balaban J connectivity index is 1.48. The lowest BCUT2D eigenvalue weighted by molar-refractivity contribution is 0.196. The first kappa shape index (κ1) is 14.1. The van der Waals surface area contributed by atoms with Crippen LogP contribution in [0, 0.1) is 0 Å². The summed E-state index contributed by atoms with van der Waals surface area (Å²) >= 11 is 0. The maximum Gasteiger partial charge on any atom is 0.119 e. The van der Waals surface area contributed by atoms with E-state index in [4.69, 9.17) is 10.5 Å². The highest BCUT2D eigenvalue weighted by atomic mass is 16.5. The topological polar surface area (TPSA) is 38.5 Å². The van der Waals surface area contributed by atoms with Crippen LogP contribution in [0.15, 0.2) is 48.5 Å². The molecule has 0 aromatic heterocycles. The van der Waals surface area contributed by atoms with Gasteiger partial charge in [-0.25, -0.2) is 0 Å². The third-order valence-electron chi connectivity index (χ3n) is 4.05. The fraction of sp³-hybridized carbons (Fsp3) is 0.333. The van der Waals surface area contributed by atoms with Gasteiger partial charge in [-0.1, -0.05) is 36.4 Å². The predicted molar refractivity (Wildman–Crippen MR) is 85.3 cm³/mol. The maximum atomic E-state index is 5.81. The molecule has 2 aromatic carbocycles. The van der Waals surface area contributed by atoms with Gasteiger partial charge in [0.1, 0.15) is 12.4 Å². The number of hydrogen-bond acceptors (Lipinski definition) is 3. The summed E-state index contributed by atoms with van der Waals surface area (Å²) in [5, 5.41) is 0. The van der Waals surface area contributed by atoms with Gasteiger partial charge >= 0.3 is 0 Å². The van der Waals surface area contributed by atoms with Crippen molar-refractivity contribution in [3.63, 3.8) is 0 Å². The van der Waals surface area contributed by atoms with E-state index in [1.165, 1.54) is 11.1 Å². The number of benzene rings is 2. The molecular formula is C18H22N2O. The van der Waals surface area contributed by atoms with Gasteiger partial charge in [0, 0.05) is 26.2 Å². The lowest BCUT2D eigenvalue weighted by Gasteiger charge is -2.28. The molecule has 0 unspecified atom stereocenters. The van der Waals surface area contributed by atoms with Gasteiger partial charge in [0.15, 0.2) is 0 Å². The quantitative estimate of drug-likeness (QED) is 0.916. The van der Waals surface area contributed by atoms with E-state index in [1.807, 2.05) is 24.3 Å². The second-order valence-electron chi connectivity index (χ2n) is 5.49. The van der Waals surface area contributed by atoms with Crippen LogP contribution in [0.5, 0.6) is 5.75 Å². The molecule has 0 spiro atoms. The van der Waals surface area contributed by atoms with Crippen molar-refractivity contribution in [1.29, 1.82) is 0 Å². The fourth-order valence-corrected chi connectivity index (χ4v) is 2.76. The molecule has 3 heteroatoms. The SMILES string of the molecule is NCc1ccc(OCCN2CCc3ccccc3C2)cc1. The minimum atomic E-state index is 0.577. The molecule has 3 nitrogen and oxygen atoms in total. The average molecular weight is 282 g/mol. The zero-order valence-electron chi connectivity index (χ0n) is 12.3. The maximum absolute atomic E-state index is 5.81. The van der Waals surface area contributed by atoms with Gasteiger partial charge in [0.2, 0.25) is 0 Å². The van der Waals surface area contributed by atoms with Crippen molar-refractivity contribution in [2.24, 2.45) is 5.73 Å². The van der Waals surface area contributed by atoms with Gasteiger partial charge in [0.25, 0.3) is 0 Å². The van der Waals surface area contributed by atoms with E-state index in [0.717, 1.165) is 44.0 Å². The van der Waals surface area contributed by atoms with Crippen LogP contribution >= 0.6 is 0 Å². The molecule has 0 saturated heterocycles. The van der Waals surface area contributed by atoms with Crippen LogP contribution in [0.4, 0.5) is 0 Å². The van der Waals surface area contributed by atoms with Crippen molar-refractivity contribution in [2.75, 3.05) is 19.7 Å². The van der Waals surface area contributed by atoms with Gasteiger partial charge in [0.05, 0.1) is 0 Å². The smallest absolute Gasteiger partial charge is 0.119 e. The zero-order chi connectivity index (χ0) is 14.5. The number of nitrogens with two attached hydrogens (primary N) is 1. The summed E-state index contributed by atoms with van der Waals surface area (Å²) < 4.78 is 5.81. The number of rotatable bonds is 5. The number of nitrogens with zero attached hydrogens (tertiary/aromatic N) is 1. The minimum absolute atomic E-state index is 0.577. The molecule has 0 bridgehead atoms. The second-order valence-corrected chi connectivity index (χ2v) is 5.49. The lowest BCUT2D eigenvalue weighted by Crippen LogP contribution is -2.33. The standard InChI is InChI=1S/C18H22N2O/c19-13-15-5-7-18(8-6-15)21-12-11-20-10-9-16-3-1-2-4-17(16)14-20/h1-8H,9-14,19H2. The first-order valence-electron chi connectivity index (χ1n) is 7.56. The summed E-state index contributed by atoms with van der Waals surface area (Å²) in [6, 6.07) is 16.7. The molecule has 21 heavy (non-hydrogen) atoms. The number of hydrogen-bond donors (Lipinski definition) is 1. The van der Waals surface area contributed by atoms with Crippen LogP contribution in [0.3, 0.4) is 0 Å². The van der Waals surface area contributed by atoms with E-state index in [1.54, 1.807) is 0 Å². The van der Waals surface area contributed by atoms with Gasteiger partial charge in [-0.3, -0.25) is 4.90 Å². The Kier molecular flexibility index (Phi) is 4.53. The summed E-state index contributed by atoms with van der Waals surface area (Å²) in [5.74, 6) is 0.921. The molecule has 1 aliphatic rings. The molecule has 3 rings (SSSR count). The Bertz CT molecular complexity index is 580. The van der Waals surface area contributed by atoms with Gasteiger partial charge in [-0.2, -0.15) is 0 Å². The molecule has 0 atom stereocenters. The molecule has 0 aliphatic carbocycles. The molecule has 1 heterocycles. The Morgan fingerprint density at radius 2 is 1.76 bits per heavy atom. The zero-order valence-corrected chi connectivity index (χ0v) is 12.3. The van der Waals surface area contributed by atoms with Crippen molar-refractivity contribution in [1.82, 2.24) is 4.90 Å². The molecule has 0 saturated carbocycles. The summed E-state index contributed by atoms with van der Waals surface area (Å²) in [7, 11) is 0. The molecule has 2 N–H and O–H groups in total. The second kappa shape index (κ2) is 6.74. The number of ether oxygens (including phenoxy) is 1. The highest BCUT2D eigenvalue weighted by Gasteiger charge is 2.15. The molecular weight excluding hydrogens is 260 g/mol. The normalized spacial score (nSPS) is 14.7. The average Bonchev–Trinajstić information content (AvgIpc) is 2.55. The predicted octanol–water partition coefficient (Wildman–Crippen LogP) is 2.58. The van der Waals surface area contributed by atoms with E-state index in [-0.39, 0.29) is 0 Å². The first-order chi connectivity index (χ1) is 10.3. The van der Waals surface area contributed by atoms with Crippen LogP contribution in [-0.4, -0.2) is 24.6 Å². The van der Waals surface area contributed by atoms with Crippen LogP contribution in [0.1, 0.15) is 16.7 Å². The van der Waals surface area contributed by atoms with Crippen molar-refractivity contribution >= 4 is 0 Å². The fourth-order valence-electron chi connectivity index (χ4n) is 2.76. The molecule has 1 aliphatic heterocycles. The third kappa shape index (κ3) is 3.63. The molecule has 0 fully saturated rings. The third-order valence-corrected chi connectivity index (χ3v) is 4.05. The van der Waals surface area contributed by atoms with Crippen LogP contribution in [0.25, 0.3) is 0 Å². The largest absolute Gasteiger partial charge is 0.492 e. The van der Waals surface area contributed by atoms with Gasteiger partial charge < -0.3 is 10.5 Å². The Labute approximate surface area is 126 Å². The van der Waals surface area contributed by atoms with E-state index < -0.39 is 0 Å². The first-order valence-corrected chi connectivity index (χ1v) is 7.56. The van der Waals surface area contributed by atoms with Crippen molar-refractivity contribution < 1.29 is 4.74 Å². The number of fused-ring (bicyclic) bond motifs is 1. The summed E-state index contributed by atoms with van der Waals surface area (Å²) in [4.78, 5) is 2.45. The van der Waals surface area contributed by atoms with Crippen molar-refractivity contribution in [3.05, 3.63) is 65.2 Å². The van der Waals surface area contributed by atoms with Crippen molar-refractivity contribution in [2.45, 2.75) is 19.5 Å². The van der Waals surface area contributed by atoms with E-state index in [0.29, 0.717) is 6.54 Å². The monoisotopic (exact) mass is 282 g/mol. The van der Waals surface area contributed by atoms with Gasteiger partial charge in [-0.15, -0.1) is 0 Å².